The molecule has 9 nitrogen and oxygen atoms in total. The highest BCUT2D eigenvalue weighted by Crippen LogP contribution is 2.44. The van der Waals surface area contributed by atoms with E-state index in [1.807, 2.05) is 36.4 Å². The van der Waals surface area contributed by atoms with Crippen LogP contribution in [-0.2, 0) is 41.1 Å². The molecule has 0 aromatic heterocycles. The van der Waals surface area contributed by atoms with Crippen molar-refractivity contribution >= 4 is 0 Å². The molecular weight excluding hydrogens is 1090 g/mol. The second kappa shape index (κ2) is 27.3. The third-order valence-corrected chi connectivity index (χ3v) is 15.5. The summed E-state index contributed by atoms with van der Waals surface area (Å²) in [6, 6.07) is 30.0. The van der Waals surface area contributed by atoms with Crippen LogP contribution in [0.3, 0.4) is 0 Å². The molecule has 448 valence electrons. The maximum Gasteiger partial charge on any atom is 0.416 e. The molecular formula is C63H74F10N2O7. The van der Waals surface area contributed by atoms with Gasteiger partial charge in [0.25, 0.3) is 0 Å². The molecule has 0 N–H and O–H groups in total. The highest BCUT2D eigenvalue weighted by atomic mass is 19.4. The minimum atomic E-state index is -4.47. The number of rotatable bonds is 17. The summed E-state index contributed by atoms with van der Waals surface area (Å²) in [6.45, 7) is 8.57. The Morgan fingerprint density at radius 2 is 0.720 bits per heavy atom. The molecule has 3 saturated carbocycles. The summed E-state index contributed by atoms with van der Waals surface area (Å²) >= 11 is 0. The molecule has 0 spiro atoms. The van der Waals surface area contributed by atoms with Crippen molar-refractivity contribution in [2.75, 3.05) is 72.4 Å². The molecule has 5 aromatic carbocycles. The minimum absolute atomic E-state index is 0. The van der Waals surface area contributed by atoms with Crippen molar-refractivity contribution in [1.82, 2.24) is 9.80 Å². The van der Waals surface area contributed by atoms with Crippen molar-refractivity contribution in [3.8, 4) is 28.7 Å². The fourth-order valence-corrected chi connectivity index (χ4v) is 10.7. The van der Waals surface area contributed by atoms with Crippen LogP contribution in [0.1, 0.15) is 81.2 Å². The van der Waals surface area contributed by atoms with E-state index >= 15 is 0 Å². The molecule has 82 heavy (non-hydrogen) atoms. The van der Waals surface area contributed by atoms with E-state index < -0.39 is 41.0 Å². The third kappa shape index (κ3) is 17.4. The number of benzene rings is 5. The molecule has 0 amide bonds. The smallest absolute Gasteiger partial charge is 0.416 e. The number of piperidine rings is 2. The predicted molar refractivity (Wildman–Crippen MR) is 290 cm³/mol. The fourth-order valence-electron chi connectivity index (χ4n) is 10.7. The zero-order valence-electron chi connectivity index (χ0n) is 44.1. The van der Waals surface area contributed by atoms with Gasteiger partial charge in [0.15, 0.2) is 34.6 Å². The topological polar surface area (TPSA) is 71.1 Å². The Kier molecular flexibility index (Phi) is 20.7. The van der Waals surface area contributed by atoms with Gasteiger partial charge in [0, 0.05) is 62.9 Å². The van der Waals surface area contributed by atoms with E-state index in [2.05, 4.69) is 34.1 Å². The van der Waals surface area contributed by atoms with Crippen molar-refractivity contribution in [1.29, 1.82) is 0 Å². The number of likely N-dealkylation sites (tertiary alicyclic amines) is 2. The summed E-state index contributed by atoms with van der Waals surface area (Å²) in [5.41, 5.74) is 0.224. The Labute approximate surface area is 474 Å². The molecule has 0 radical (unpaired) electrons. The van der Waals surface area contributed by atoms with Crippen LogP contribution in [0.25, 0.3) is 0 Å². The van der Waals surface area contributed by atoms with Crippen molar-refractivity contribution < 1.29 is 77.1 Å². The van der Waals surface area contributed by atoms with Gasteiger partial charge in [-0.05, 0) is 122 Å². The van der Waals surface area contributed by atoms with E-state index in [-0.39, 0.29) is 74.6 Å². The molecule has 19 heteroatoms. The van der Waals surface area contributed by atoms with Crippen molar-refractivity contribution in [3.05, 3.63) is 149 Å². The quantitative estimate of drug-likeness (QED) is 0.0847. The molecule has 5 aromatic rings. The summed E-state index contributed by atoms with van der Waals surface area (Å²) in [5, 5.41) is 0. The molecule has 4 heterocycles. The van der Waals surface area contributed by atoms with E-state index in [4.69, 9.17) is 33.2 Å². The normalized spacial score (nSPS) is 23.5. The highest BCUT2D eigenvalue weighted by Gasteiger charge is 2.45. The van der Waals surface area contributed by atoms with Gasteiger partial charge >= 0.3 is 18.5 Å². The van der Waals surface area contributed by atoms with Crippen LogP contribution in [0.4, 0.5) is 43.9 Å². The monoisotopic (exact) mass is 1160 g/mol. The van der Waals surface area contributed by atoms with Gasteiger partial charge in [-0.2, -0.15) is 39.5 Å². The highest BCUT2D eigenvalue weighted by molar-refractivity contribution is 5.45. The van der Waals surface area contributed by atoms with Gasteiger partial charge in [0.1, 0.15) is 12.2 Å². The van der Waals surface area contributed by atoms with E-state index in [1.165, 1.54) is 23.3 Å². The van der Waals surface area contributed by atoms with Crippen LogP contribution in [0.2, 0.25) is 0 Å². The summed E-state index contributed by atoms with van der Waals surface area (Å²) in [7, 11) is 0. The number of halogens is 10. The van der Waals surface area contributed by atoms with Crippen LogP contribution >= 0.6 is 0 Å². The van der Waals surface area contributed by atoms with Gasteiger partial charge in [-0.1, -0.05) is 75.5 Å². The Morgan fingerprint density at radius 3 is 1.05 bits per heavy atom. The molecule has 3 aliphatic carbocycles. The zero-order valence-corrected chi connectivity index (χ0v) is 44.1. The van der Waals surface area contributed by atoms with Crippen LogP contribution in [0.15, 0.2) is 115 Å². The van der Waals surface area contributed by atoms with E-state index in [1.54, 1.807) is 0 Å². The van der Waals surface area contributed by atoms with Crippen LogP contribution in [0, 0.1) is 47.2 Å². The maximum atomic E-state index is 13.3. The van der Waals surface area contributed by atoms with Crippen LogP contribution in [0.5, 0.6) is 28.7 Å². The first-order valence-corrected chi connectivity index (χ1v) is 27.6. The van der Waals surface area contributed by atoms with E-state index in [0.29, 0.717) is 81.0 Å². The number of hydrogen-bond donors (Lipinski definition) is 0. The largest absolute Gasteiger partial charge is 0.490 e. The minimum Gasteiger partial charge on any atom is -0.490 e. The number of fused-ring (bicyclic) bond motifs is 4. The average Bonchev–Trinajstić information content (AvgIpc) is 4.35. The first kappa shape index (κ1) is 62.3. The van der Waals surface area contributed by atoms with E-state index in [9.17, 15) is 43.9 Å². The van der Waals surface area contributed by atoms with Crippen molar-refractivity contribution in [2.24, 2.45) is 41.4 Å². The van der Waals surface area contributed by atoms with Gasteiger partial charge in [0.05, 0.1) is 62.9 Å². The van der Waals surface area contributed by atoms with E-state index in [0.717, 1.165) is 108 Å². The summed E-state index contributed by atoms with van der Waals surface area (Å²) in [5.74, 6) is 1.98. The van der Waals surface area contributed by atoms with Crippen molar-refractivity contribution in [2.45, 2.75) is 97.2 Å². The molecule has 7 aliphatic rings. The number of alkyl halides is 9. The second-order valence-electron chi connectivity index (χ2n) is 22.4. The van der Waals surface area contributed by atoms with Gasteiger partial charge in [0.2, 0.25) is 0 Å². The summed E-state index contributed by atoms with van der Waals surface area (Å²) < 4.78 is 171. The maximum absolute atomic E-state index is 13.3. The lowest BCUT2D eigenvalue weighted by Crippen LogP contribution is -2.57. The van der Waals surface area contributed by atoms with Crippen LogP contribution < -0.4 is 23.7 Å². The molecule has 2 unspecified atom stereocenters. The number of hydrogen-bond acceptors (Lipinski definition) is 9. The molecule has 6 atom stereocenters. The lowest BCUT2D eigenvalue weighted by Gasteiger charge is -2.46. The number of ether oxygens (including phenoxy) is 7. The van der Waals surface area contributed by atoms with Gasteiger partial charge in [-0.15, -0.1) is 0 Å². The van der Waals surface area contributed by atoms with Gasteiger partial charge in [-0.25, -0.2) is 4.39 Å². The third-order valence-electron chi connectivity index (χ3n) is 15.5. The molecule has 12 rings (SSSR count). The fraction of sp³-hybridized carbons (Fsp3) is 0.524. The van der Waals surface area contributed by atoms with Crippen molar-refractivity contribution in [3.63, 3.8) is 0 Å². The van der Waals surface area contributed by atoms with Gasteiger partial charge in [-0.3, -0.25) is 9.80 Å². The first-order chi connectivity index (χ1) is 38.4. The molecule has 4 saturated heterocycles. The Balaban J connectivity index is 0.000000168. The summed E-state index contributed by atoms with van der Waals surface area (Å²) in [6.07, 6.45) is -7.23. The lowest BCUT2D eigenvalue weighted by molar-refractivity contribution is -0.138. The molecule has 7 fully saturated rings. The predicted octanol–water partition coefficient (Wildman–Crippen LogP) is 14.9. The summed E-state index contributed by atoms with van der Waals surface area (Å²) in [4.78, 5) is 4.84. The lowest BCUT2D eigenvalue weighted by atomic mass is 9.84. The van der Waals surface area contributed by atoms with Gasteiger partial charge < -0.3 is 33.2 Å². The second-order valence-corrected chi connectivity index (χ2v) is 22.4. The standard InChI is InChI=1S/2C25H28F3NO3.C11H10F4O.2CH4/c2*26-25(27,28)21-8-9-22(23(10-21)31-14-18-6-7-18)32-24-19-12-29(13-20(24)16-30-15-19)11-17-4-2-1-3-5-17;12-9-4-3-8(11(13,14)15)5-10(9)16-6-7-1-2-7;;/h2*1-5,8-10,18-20,24H,6-7,11-16H2;3-5,7H,1-2,6H2;2*1H4/t2*19-,20+,24?;;;. The zero-order chi connectivity index (χ0) is 56.0. The average molecular weight is 1160 g/mol. The Hall–Kier alpha value is -5.76. The first-order valence-electron chi connectivity index (χ1n) is 27.6. The molecule has 4 bridgehead atoms. The molecule has 4 aliphatic heterocycles. The Morgan fingerprint density at radius 1 is 0.402 bits per heavy atom. The SMILES string of the molecule is C.C.FC(F)(F)c1ccc(OC2[C@@H]3COC[C@H]2CN(Cc2ccccc2)C3)c(OCC2CC2)c1.FC(F)(F)c1ccc(OC2[C@@H]3COC[C@H]2CN(Cc2ccccc2)C3)c(OCC2CC2)c1.Fc1ccc(C(F)(F)F)cc1OCC1CC1. The Bertz CT molecular complexity index is 2610. The van der Waals surface area contributed by atoms with Crippen LogP contribution in [-0.4, -0.2) is 94.4 Å². The number of nitrogens with zero attached hydrogens (tertiary/aromatic N) is 2.